The Morgan fingerprint density at radius 1 is 1.03 bits per heavy atom. The molecule has 1 aromatic heterocycles. The second-order valence-corrected chi connectivity index (χ2v) is 9.15. The summed E-state index contributed by atoms with van der Waals surface area (Å²) in [4.78, 5) is 29.1. The highest BCUT2D eigenvalue weighted by Gasteiger charge is 2.38. The summed E-state index contributed by atoms with van der Waals surface area (Å²) in [5.74, 6) is 1.85. The van der Waals surface area contributed by atoms with Gasteiger partial charge in [-0.15, -0.1) is 0 Å². The number of amides is 2. The fraction of sp³-hybridized carbons (Fsp3) is 0.407. The SMILES string of the molecule is CC(=O)NC1(c2noc(CCC(=O)Nc3ccccc3Oc3ccc(C)cc3)n2)CCCCCC1. The van der Waals surface area contributed by atoms with Crippen molar-refractivity contribution >= 4 is 17.5 Å². The number of aryl methyl sites for hydroxylation is 2. The van der Waals surface area contributed by atoms with Crippen LogP contribution in [0.4, 0.5) is 5.69 Å². The van der Waals surface area contributed by atoms with E-state index in [1.54, 1.807) is 6.07 Å². The number of rotatable bonds is 8. The van der Waals surface area contributed by atoms with E-state index in [1.165, 1.54) is 6.92 Å². The third kappa shape index (κ3) is 6.47. The van der Waals surface area contributed by atoms with Gasteiger partial charge in [0, 0.05) is 19.8 Å². The van der Waals surface area contributed by atoms with Crippen molar-refractivity contribution in [1.82, 2.24) is 15.5 Å². The second-order valence-electron chi connectivity index (χ2n) is 9.15. The summed E-state index contributed by atoms with van der Waals surface area (Å²) >= 11 is 0. The normalized spacial score (nSPS) is 15.1. The molecule has 4 rings (SSSR count). The van der Waals surface area contributed by atoms with Crippen LogP contribution in [0.1, 0.15) is 69.1 Å². The van der Waals surface area contributed by atoms with Crippen molar-refractivity contribution in [3.63, 3.8) is 0 Å². The average molecular weight is 477 g/mol. The third-order valence-corrected chi connectivity index (χ3v) is 6.24. The molecule has 1 aliphatic rings. The fourth-order valence-electron chi connectivity index (χ4n) is 4.45. The molecular weight excluding hydrogens is 444 g/mol. The maximum Gasteiger partial charge on any atom is 0.227 e. The van der Waals surface area contributed by atoms with Gasteiger partial charge in [-0.25, -0.2) is 0 Å². The van der Waals surface area contributed by atoms with Crippen molar-refractivity contribution in [3.05, 3.63) is 65.8 Å². The highest BCUT2D eigenvalue weighted by molar-refractivity contribution is 5.92. The summed E-state index contributed by atoms with van der Waals surface area (Å²) in [7, 11) is 0. The first-order valence-corrected chi connectivity index (χ1v) is 12.2. The van der Waals surface area contributed by atoms with Crippen LogP contribution in [0, 0.1) is 6.92 Å². The van der Waals surface area contributed by atoms with Gasteiger partial charge < -0.3 is 19.9 Å². The molecular formula is C27H32N4O4. The molecule has 0 unspecified atom stereocenters. The number of benzene rings is 2. The lowest BCUT2D eigenvalue weighted by Gasteiger charge is -2.30. The van der Waals surface area contributed by atoms with Crippen LogP contribution < -0.4 is 15.4 Å². The van der Waals surface area contributed by atoms with Crippen molar-refractivity contribution in [1.29, 1.82) is 0 Å². The quantitative estimate of drug-likeness (QED) is 0.420. The molecule has 0 spiro atoms. The number of aromatic nitrogens is 2. The number of carbonyl (C=O) groups excluding carboxylic acids is 2. The lowest BCUT2D eigenvalue weighted by Crippen LogP contribution is -2.45. The molecule has 0 bridgehead atoms. The molecule has 1 heterocycles. The smallest absolute Gasteiger partial charge is 0.227 e. The molecule has 1 saturated carbocycles. The number of para-hydroxylation sites is 2. The highest BCUT2D eigenvalue weighted by Crippen LogP contribution is 2.35. The summed E-state index contributed by atoms with van der Waals surface area (Å²) in [5.41, 5.74) is 1.14. The summed E-state index contributed by atoms with van der Waals surface area (Å²) < 4.78 is 11.4. The van der Waals surface area contributed by atoms with E-state index in [0.29, 0.717) is 35.3 Å². The molecule has 2 N–H and O–H groups in total. The molecule has 0 aliphatic heterocycles. The number of ether oxygens (including phenoxy) is 1. The fourth-order valence-corrected chi connectivity index (χ4v) is 4.45. The second kappa shape index (κ2) is 11.2. The molecule has 8 nitrogen and oxygen atoms in total. The molecule has 1 fully saturated rings. The van der Waals surface area contributed by atoms with E-state index >= 15 is 0 Å². The maximum atomic E-state index is 12.7. The van der Waals surface area contributed by atoms with Crippen LogP contribution in [0.25, 0.3) is 0 Å². The van der Waals surface area contributed by atoms with Crippen LogP contribution in [0.2, 0.25) is 0 Å². The molecule has 35 heavy (non-hydrogen) atoms. The minimum Gasteiger partial charge on any atom is -0.455 e. The third-order valence-electron chi connectivity index (χ3n) is 6.24. The Balaban J connectivity index is 1.38. The Hall–Kier alpha value is -3.68. The average Bonchev–Trinajstić information content (AvgIpc) is 3.20. The first-order valence-electron chi connectivity index (χ1n) is 12.2. The van der Waals surface area contributed by atoms with Crippen LogP contribution in [0.15, 0.2) is 53.1 Å². The lowest BCUT2D eigenvalue weighted by atomic mass is 9.89. The van der Waals surface area contributed by atoms with Gasteiger partial charge in [-0.1, -0.05) is 60.7 Å². The highest BCUT2D eigenvalue weighted by atomic mass is 16.5. The lowest BCUT2D eigenvalue weighted by molar-refractivity contribution is -0.121. The zero-order valence-electron chi connectivity index (χ0n) is 20.3. The topological polar surface area (TPSA) is 106 Å². The number of anilines is 1. The van der Waals surface area contributed by atoms with Crippen molar-refractivity contribution in [2.75, 3.05) is 5.32 Å². The van der Waals surface area contributed by atoms with E-state index in [2.05, 4.69) is 20.8 Å². The molecule has 2 aromatic carbocycles. The molecule has 0 atom stereocenters. The van der Waals surface area contributed by atoms with E-state index in [1.807, 2.05) is 49.4 Å². The monoisotopic (exact) mass is 476 g/mol. The van der Waals surface area contributed by atoms with Gasteiger partial charge >= 0.3 is 0 Å². The van der Waals surface area contributed by atoms with Gasteiger partial charge in [0.05, 0.1) is 5.69 Å². The summed E-state index contributed by atoms with van der Waals surface area (Å²) in [6.45, 7) is 3.53. The van der Waals surface area contributed by atoms with Crippen molar-refractivity contribution in [2.24, 2.45) is 0 Å². The van der Waals surface area contributed by atoms with Crippen LogP contribution in [-0.2, 0) is 21.5 Å². The van der Waals surface area contributed by atoms with E-state index in [9.17, 15) is 9.59 Å². The summed E-state index contributed by atoms with van der Waals surface area (Å²) in [5, 5.41) is 10.2. The number of nitrogens with zero attached hydrogens (tertiary/aromatic N) is 2. The van der Waals surface area contributed by atoms with Gasteiger partial charge in [-0.2, -0.15) is 4.98 Å². The van der Waals surface area contributed by atoms with Crippen LogP contribution in [-0.4, -0.2) is 22.0 Å². The first kappa shape index (κ1) is 24.4. The van der Waals surface area contributed by atoms with Crippen LogP contribution >= 0.6 is 0 Å². The Labute approximate surface area is 205 Å². The minimum absolute atomic E-state index is 0.107. The molecule has 0 saturated heterocycles. The van der Waals surface area contributed by atoms with Gasteiger partial charge in [0.1, 0.15) is 11.3 Å². The largest absolute Gasteiger partial charge is 0.455 e. The zero-order valence-corrected chi connectivity index (χ0v) is 20.3. The zero-order chi connectivity index (χ0) is 24.7. The number of hydrogen-bond donors (Lipinski definition) is 2. The Kier molecular flexibility index (Phi) is 7.80. The predicted octanol–water partition coefficient (Wildman–Crippen LogP) is 5.43. The van der Waals surface area contributed by atoms with E-state index in [0.717, 1.165) is 44.1 Å². The van der Waals surface area contributed by atoms with Gasteiger partial charge in [0.25, 0.3) is 0 Å². The maximum absolute atomic E-state index is 12.7. The predicted molar refractivity (Wildman–Crippen MR) is 132 cm³/mol. The number of nitrogens with one attached hydrogen (secondary N) is 2. The van der Waals surface area contributed by atoms with Crippen LogP contribution in [0.3, 0.4) is 0 Å². The van der Waals surface area contributed by atoms with E-state index in [-0.39, 0.29) is 18.2 Å². The van der Waals surface area contributed by atoms with E-state index in [4.69, 9.17) is 9.26 Å². The van der Waals surface area contributed by atoms with Gasteiger partial charge in [0.2, 0.25) is 17.7 Å². The number of carbonyl (C=O) groups is 2. The van der Waals surface area contributed by atoms with Crippen LogP contribution in [0.5, 0.6) is 11.5 Å². The van der Waals surface area contributed by atoms with Crippen molar-refractivity contribution in [3.8, 4) is 11.5 Å². The minimum atomic E-state index is -0.599. The first-order chi connectivity index (χ1) is 16.9. The van der Waals surface area contributed by atoms with Crippen molar-refractivity contribution < 1.29 is 18.8 Å². The van der Waals surface area contributed by atoms with Gasteiger partial charge in [0.15, 0.2) is 11.6 Å². The van der Waals surface area contributed by atoms with E-state index < -0.39 is 5.54 Å². The summed E-state index contributed by atoms with van der Waals surface area (Å²) in [6.07, 6.45) is 6.28. The molecule has 2 amide bonds. The molecule has 8 heteroatoms. The molecule has 0 radical (unpaired) electrons. The Morgan fingerprint density at radius 2 is 1.74 bits per heavy atom. The molecule has 1 aliphatic carbocycles. The van der Waals surface area contributed by atoms with Gasteiger partial charge in [-0.05, 0) is 44.0 Å². The summed E-state index contributed by atoms with van der Waals surface area (Å²) in [6, 6.07) is 15.0. The van der Waals surface area contributed by atoms with Crippen molar-refractivity contribution in [2.45, 2.75) is 70.8 Å². The Morgan fingerprint density at radius 3 is 2.46 bits per heavy atom. The molecule has 3 aromatic rings. The Bertz CT molecular complexity index is 1150. The molecule has 184 valence electrons. The van der Waals surface area contributed by atoms with Gasteiger partial charge in [-0.3, -0.25) is 9.59 Å². The standard InChI is InChI=1S/C27H32N4O4/c1-19-11-13-21(14-12-19)34-23-10-6-5-9-22(23)28-24(33)15-16-25-29-26(31-35-25)27(30-20(2)32)17-7-3-4-8-18-27/h5-6,9-14H,3-4,7-8,15-18H2,1-2H3,(H,28,33)(H,30,32). The number of hydrogen-bond acceptors (Lipinski definition) is 6.